The van der Waals surface area contributed by atoms with Crippen LogP contribution in [0.2, 0.25) is 0 Å². The quantitative estimate of drug-likeness (QED) is 0.613. The monoisotopic (exact) mass is 184 g/mol. The molecule has 0 saturated carbocycles. The van der Waals surface area contributed by atoms with Crippen LogP contribution >= 0.6 is 0 Å². The maximum Gasteiger partial charge on any atom is -0.0185 e. The number of hydrogen-bond donors (Lipinski definition) is 0. The number of rotatable bonds is 1. The Morgan fingerprint density at radius 1 is 0.929 bits per heavy atom. The van der Waals surface area contributed by atoms with Crippen LogP contribution in [0.1, 0.15) is 32.3 Å². The molecule has 1 aromatic rings. The number of hydrogen-bond acceptors (Lipinski definition) is 0. The largest absolute Gasteiger partial charge is 0.0724 e. The second-order valence-corrected chi connectivity index (χ2v) is 4.05. The zero-order valence-corrected chi connectivity index (χ0v) is 8.88. The lowest BCUT2D eigenvalue weighted by Gasteiger charge is -2.15. The molecule has 0 fully saturated rings. The molecule has 72 valence electrons. The minimum atomic E-state index is 1.21. The van der Waals surface area contributed by atoms with Gasteiger partial charge in [0.05, 0.1) is 0 Å². The average molecular weight is 184 g/mol. The molecular weight excluding hydrogens is 168 g/mol. The minimum absolute atomic E-state index is 1.21. The van der Waals surface area contributed by atoms with Gasteiger partial charge in [0.25, 0.3) is 0 Å². The summed E-state index contributed by atoms with van der Waals surface area (Å²) < 4.78 is 0. The molecule has 0 radical (unpaired) electrons. The van der Waals surface area contributed by atoms with E-state index < -0.39 is 0 Å². The minimum Gasteiger partial charge on any atom is -0.0724 e. The van der Waals surface area contributed by atoms with E-state index in [0.717, 1.165) is 0 Å². The van der Waals surface area contributed by atoms with E-state index in [0.29, 0.717) is 0 Å². The standard InChI is InChI=1S/C14H16/c1-11-8-9-12(2)14(10-11)13-6-4-3-5-7-13/h3-7,10H,8-9H2,1-2H3. The van der Waals surface area contributed by atoms with Gasteiger partial charge in [-0.05, 0) is 37.8 Å². The van der Waals surface area contributed by atoms with Crippen molar-refractivity contribution in [1.82, 2.24) is 0 Å². The van der Waals surface area contributed by atoms with Crippen molar-refractivity contribution in [1.29, 1.82) is 0 Å². The highest BCUT2D eigenvalue weighted by Gasteiger charge is 2.08. The fourth-order valence-electron chi connectivity index (χ4n) is 1.91. The Morgan fingerprint density at radius 3 is 2.36 bits per heavy atom. The van der Waals surface area contributed by atoms with E-state index in [1.54, 1.807) is 0 Å². The average Bonchev–Trinajstić information content (AvgIpc) is 2.23. The van der Waals surface area contributed by atoms with Gasteiger partial charge in [-0.25, -0.2) is 0 Å². The fourth-order valence-corrected chi connectivity index (χ4v) is 1.91. The highest BCUT2D eigenvalue weighted by molar-refractivity contribution is 5.77. The van der Waals surface area contributed by atoms with Crippen LogP contribution < -0.4 is 0 Å². The van der Waals surface area contributed by atoms with Crippen LogP contribution in [0.25, 0.3) is 5.57 Å². The first kappa shape index (κ1) is 9.26. The molecule has 0 bridgehead atoms. The summed E-state index contributed by atoms with van der Waals surface area (Å²) in [5.74, 6) is 0. The Morgan fingerprint density at radius 2 is 1.64 bits per heavy atom. The van der Waals surface area contributed by atoms with E-state index in [9.17, 15) is 0 Å². The molecule has 0 atom stereocenters. The third-order valence-corrected chi connectivity index (χ3v) is 2.83. The van der Waals surface area contributed by atoms with Crippen molar-refractivity contribution < 1.29 is 0 Å². The van der Waals surface area contributed by atoms with Gasteiger partial charge >= 0.3 is 0 Å². The molecule has 0 heteroatoms. The summed E-state index contributed by atoms with van der Waals surface area (Å²) >= 11 is 0. The van der Waals surface area contributed by atoms with E-state index in [4.69, 9.17) is 0 Å². The van der Waals surface area contributed by atoms with E-state index in [1.807, 2.05) is 0 Å². The molecule has 0 N–H and O–H groups in total. The van der Waals surface area contributed by atoms with Crippen LogP contribution in [0.5, 0.6) is 0 Å². The summed E-state index contributed by atoms with van der Waals surface area (Å²) in [6.45, 7) is 4.46. The highest BCUT2D eigenvalue weighted by atomic mass is 14.1. The SMILES string of the molecule is CC1=CC(c2ccccc2)=C(C)CC1. The van der Waals surface area contributed by atoms with Crippen molar-refractivity contribution in [2.24, 2.45) is 0 Å². The van der Waals surface area contributed by atoms with Gasteiger partial charge in [-0.2, -0.15) is 0 Å². The fraction of sp³-hybridized carbons (Fsp3) is 0.286. The summed E-state index contributed by atoms with van der Waals surface area (Å²) in [5, 5.41) is 0. The summed E-state index contributed by atoms with van der Waals surface area (Å²) in [6.07, 6.45) is 4.77. The van der Waals surface area contributed by atoms with Gasteiger partial charge in [0.15, 0.2) is 0 Å². The zero-order valence-electron chi connectivity index (χ0n) is 8.88. The molecule has 0 unspecified atom stereocenters. The van der Waals surface area contributed by atoms with Crippen LogP contribution in [0.15, 0.2) is 47.6 Å². The van der Waals surface area contributed by atoms with Gasteiger partial charge in [0, 0.05) is 0 Å². The lowest BCUT2D eigenvalue weighted by molar-refractivity contribution is 0.911. The molecule has 0 heterocycles. The number of allylic oxidation sites excluding steroid dienone is 4. The van der Waals surface area contributed by atoms with E-state index in [2.05, 4.69) is 50.3 Å². The van der Waals surface area contributed by atoms with Crippen molar-refractivity contribution in [3.63, 3.8) is 0 Å². The molecule has 1 aliphatic carbocycles. The molecule has 0 spiro atoms. The van der Waals surface area contributed by atoms with Gasteiger partial charge in [-0.3, -0.25) is 0 Å². The van der Waals surface area contributed by atoms with E-state index in [-0.39, 0.29) is 0 Å². The molecule has 0 nitrogen and oxygen atoms in total. The third-order valence-electron chi connectivity index (χ3n) is 2.83. The molecule has 1 aromatic carbocycles. The molecule has 1 aliphatic rings. The Balaban J connectivity index is 2.44. The smallest absolute Gasteiger partial charge is 0.0185 e. The summed E-state index contributed by atoms with van der Waals surface area (Å²) in [7, 11) is 0. The van der Waals surface area contributed by atoms with Gasteiger partial charge in [-0.15, -0.1) is 0 Å². The molecule has 0 amide bonds. The van der Waals surface area contributed by atoms with Crippen molar-refractivity contribution in [2.45, 2.75) is 26.7 Å². The Labute approximate surface area is 86.0 Å². The molecule has 0 aromatic heterocycles. The Bertz CT molecular complexity index is 380. The summed E-state index contributed by atoms with van der Waals surface area (Å²) in [5.41, 5.74) is 5.79. The second-order valence-electron chi connectivity index (χ2n) is 4.05. The maximum atomic E-state index is 2.33. The van der Waals surface area contributed by atoms with Gasteiger partial charge in [-0.1, -0.05) is 47.6 Å². The first-order chi connectivity index (χ1) is 6.77. The van der Waals surface area contributed by atoms with Gasteiger partial charge < -0.3 is 0 Å². The van der Waals surface area contributed by atoms with Gasteiger partial charge in [0.1, 0.15) is 0 Å². The predicted molar refractivity (Wildman–Crippen MR) is 62.0 cm³/mol. The normalized spacial score (nSPS) is 16.9. The summed E-state index contributed by atoms with van der Waals surface area (Å²) in [6, 6.07) is 10.7. The lowest BCUT2D eigenvalue weighted by Crippen LogP contribution is -1.94. The van der Waals surface area contributed by atoms with Crippen LogP contribution in [-0.4, -0.2) is 0 Å². The summed E-state index contributed by atoms with van der Waals surface area (Å²) in [4.78, 5) is 0. The topological polar surface area (TPSA) is 0 Å². The predicted octanol–water partition coefficient (Wildman–Crippen LogP) is 4.20. The Kier molecular flexibility index (Phi) is 2.53. The second kappa shape index (κ2) is 3.83. The van der Waals surface area contributed by atoms with Crippen molar-refractivity contribution in [3.8, 4) is 0 Å². The molecule has 2 rings (SSSR count). The molecule has 0 saturated heterocycles. The first-order valence-electron chi connectivity index (χ1n) is 5.20. The van der Waals surface area contributed by atoms with Gasteiger partial charge in [0.2, 0.25) is 0 Å². The Hall–Kier alpha value is -1.30. The van der Waals surface area contributed by atoms with Crippen molar-refractivity contribution in [3.05, 3.63) is 53.1 Å². The van der Waals surface area contributed by atoms with Crippen molar-refractivity contribution >= 4 is 5.57 Å². The van der Waals surface area contributed by atoms with Crippen LogP contribution in [0.3, 0.4) is 0 Å². The molecule has 0 aliphatic heterocycles. The van der Waals surface area contributed by atoms with E-state index in [1.165, 1.54) is 35.1 Å². The molecular formula is C14H16. The lowest BCUT2D eigenvalue weighted by atomic mass is 9.90. The van der Waals surface area contributed by atoms with Crippen LogP contribution in [0, 0.1) is 0 Å². The molecule has 14 heavy (non-hydrogen) atoms. The highest BCUT2D eigenvalue weighted by Crippen LogP contribution is 2.29. The van der Waals surface area contributed by atoms with Crippen molar-refractivity contribution in [2.75, 3.05) is 0 Å². The maximum absolute atomic E-state index is 2.33. The van der Waals surface area contributed by atoms with Crippen LogP contribution in [0.4, 0.5) is 0 Å². The first-order valence-corrected chi connectivity index (χ1v) is 5.20. The number of benzene rings is 1. The third kappa shape index (κ3) is 1.79. The van der Waals surface area contributed by atoms with E-state index >= 15 is 0 Å². The van der Waals surface area contributed by atoms with Crippen LogP contribution in [-0.2, 0) is 0 Å². The zero-order chi connectivity index (χ0) is 9.97.